The molecule has 0 fully saturated rings. The van der Waals surface area contributed by atoms with Crippen molar-refractivity contribution < 1.29 is 9.69 Å². The van der Waals surface area contributed by atoms with Crippen LogP contribution in [0.2, 0.25) is 0 Å². The molecule has 3 nitrogen and oxygen atoms in total. The predicted molar refractivity (Wildman–Crippen MR) is 91.9 cm³/mol. The minimum absolute atomic E-state index is 0.149. The van der Waals surface area contributed by atoms with Gasteiger partial charge in [-0.15, -0.1) is 11.8 Å². The van der Waals surface area contributed by atoms with Gasteiger partial charge in [0.25, 0.3) is 0 Å². The second-order valence-electron chi connectivity index (χ2n) is 5.64. The molecular weight excluding hydrogens is 280 g/mol. The van der Waals surface area contributed by atoms with Crippen LogP contribution in [0, 0.1) is 6.92 Å². The molecule has 1 unspecified atom stereocenters. The minimum Gasteiger partial charge on any atom is -0.350 e. The van der Waals surface area contributed by atoms with Crippen LogP contribution in [0.4, 0.5) is 0 Å². The first-order valence-corrected chi connectivity index (χ1v) is 8.98. The largest absolute Gasteiger partial charge is 0.350 e. The van der Waals surface area contributed by atoms with E-state index in [1.54, 1.807) is 11.8 Å². The third-order valence-corrected chi connectivity index (χ3v) is 4.46. The lowest BCUT2D eigenvalue weighted by atomic mass is 10.2. The van der Waals surface area contributed by atoms with Crippen LogP contribution in [0.15, 0.2) is 24.3 Å². The Hall–Kier alpha value is -1.00. The van der Waals surface area contributed by atoms with E-state index in [1.807, 2.05) is 0 Å². The van der Waals surface area contributed by atoms with Crippen molar-refractivity contribution >= 4 is 17.7 Å². The number of hydrogen-bond acceptors (Lipinski definition) is 2. The summed E-state index contributed by atoms with van der Waals surface area (Å²) in [6.07, 6.45) is 2.49. The molecule has 0 aromatic heterocycles. The van der Waals surface area contributed by atoms with Gasteiger partial charge in [-0.1, -0.05) is 43.2 Å². The first kappa shape index (κ1) is 18.1. The highest BCUT2D eigenvalue weighted by molar-refractivity contribution is 7.99. The maximum absolute atomic E-state index is 11.7. The lowest BCUT2D eigenvalue weighted by Gasteiger charge is -2.13. The van der Waals surface area contributed by atoms with Gasteiger partial charge in [0.2, 0.25) is 5.91 Å². The Balaban J connectivity index is 2.07. The first-order valence-electron chi connectivity index (χ1n) is 7.83. The molecule has 0 radical (unpaired) electrons. The molecule has 1 rings (SSSR count). The van der Waals surface area contributed by atoms with Crippen LogP contribution in [-0.2, 0) is 10.5 Å². The summed E-state index contributed by atoms with van der Waals surface area (Å²) in [5, 5.41) is 3.00. The average molecular weight is 309 g/mol. The summed E-state index contributed by atoms with van der Waals surface area (Å²) in [5.74, 6) is 1.59. The highest BCUT2D eigenvalue weighted by Crippen LogP contribution is 2.12. The van der Waals surface area contributed by atoms with Gasteiger partial charge in [-0.3, -0.25) is 4.79 Å². The molecule has 1 atom stereocenters. The predicted octanol–water partition coefficient (Wildman–Crippen LogP) is 1.66. The summed E-state index contributed by atoms with van der Waals surface area (Å²) in [4.78, 5) is 13.2. The van der Waals surface area contributed by atoms with Gasteiger partial charge in [0.1, 0.15) is 0 Å². The van der Waals surface area contributed by atoms with Gasteiger partial charge in [-0.2, -0.15) is 0 Å². The zero-order valence-electron chi connectivity index (χ0n) is 13.6. The SMILES string of the molecule is CCCC[NH+](C)CCNC(=O)CSCc1ccc(C)cc1. The number of hydrogen-bond donors (Lipinski definition) is 2. The van der Waals surface area contributed by atoms with Crippen LogP contribution in [0.1, 0.15) is 30.9 Å². The summed E-state index contributed by atoms with van der Waals surface area (Å²) in [7, 11) is 2.19. The van der Waals surface area contributed by atoms with E-state index in [-0.39, 0.29) is 5.91 Å². The smallest absolute Gasteiger partial charge is 0.230 e. The number of rotatable bonds is 10. The normalized spacial score (nSPS) is 12.1. The molecule has 0 spiro atoms. The molecule has 2 N–H and O–H groups in total. The van der Waals surface area contributed by atoms with Gasteiger partial charge in [-0.05, 0) is 18.9 Å². The van der Waals surface area contributed by atoms with Gasteiger partial charge in [0.15, 0.2) is 0 Å². The first-order chi connectivity index (χ1) is 10.1. The van der Waals surface area contributed by atoms with Crippen molar-refractivity contribution in [2.75, 3.05) is 32.4 Å². The number of benzene rings is 1. The Morgan fingerprint density at radius 3 is 2.62 bits per heavy atom. The highest BCUT2D eigenvalue weighted by atomic mass is 32.2. The molecule has 0 saturated heterocycles. The Morgan fingerprint density at radius 2 is 1.95 bits per heavy atom. The molecule has 0 heterocycles. The topological polar surface area (TPSA) is 33.5 Å². The van der Waals surface area contributed by atoms with E-state index in [1.165, 1.54) is 35.4 Å². The summed E-state index contributed by atoms with van der Waals surface area (Å²) >= 11 is 1.67. The number of carbonyl (C=O) groups is 1. The van der Waals surface area contributed by atoms with E-state index in [0.29, 0.717) is 5.75 Å². The monoisotopic (exact) mass is 309 g/mol. The van der Waals surface area contributed by atoms with Gasteiger partial charge in [-0.25, -0.2) is 0 Å². The Labute approximate surface area is 133 Å². The van der Waals surface area contributed by atoms with E-state index in [4.69, 9.17) is 0 Å². The van der Waals surface area contributed by atoms with E-state index in [2.05, 4.69) is 50.5 Å². The number of thioether (sulfide) groups is 1. The van der Waals surface area contributed by atoms with Crippen molar-refractivity contribution in [3.63, 3.8) is 0 Å². The molecule has 0 aliphatic rings. The van der Waals surface area contributed by atoms with E-state index < -0.39 is 0 Å². The van der Waals surface area contributed by atoms with Crippen molar-refractivity contribution in [2.24, 2.45) is 0 Å². The number of nitrogens with one attached hydrogen (secondary N) is 2. The van der Waals surface area contributed by atoms with Crippen LogP contribution < -0.4 is 10.2 Å². The summed E-state index contributed by atoms with van der Waals surface area (Å²) < 4.78 is 0. The van der Waals surface area contributed by atoms with Gasteiger partial charge in [0, 0.05) is 5.75 Å². The lowest BCUT2D eigenvalue weighted by molar-refractivity contribution is -0.878. The second kappa shape index (κ2) is 10.7. The molecule has 0 saturated carbocycles. The van der Waals surface area contributed by atoms with Crippen molar-refractivity contribution in [1.82, 2.24) is 5.32 Å². The van der Waals surface area contributed by atoms with Gasteiger partial charge >= 0.3 is 0 Å². The molecule has 0 aliphatic carbocycles. The zero-order valence-corrected chi connectivity index (χ0v) is 14.4. The van der Waals surface area contributed by atoms with Crippen molar-refractivity contribution in [3.05, 3.63) is 35.4 Å². The highest BCUT2D eigenvalue weighted by Gasteiger charge is 2.04. The molecule has 1 amide bonds. The molecular formula is C17H29N2OS+. The summed E-state index contributed by atoms with van der Waals surface area (Å²) in [6.45, 7) is 7.27. The molecule has 4 heteroatoms. The van der Waals surface area contributed by atoms with Gasteiger partial charge < -0.3 is 10.2 Å². The Kier molecular flexibility index (Phi) is 9.19. The maximum Gasteiger partial charge on any atom is 0.230 e. The fourth-order valence-electron chi connectivity index (χ4n) is 2.02. The molecule has 0 aliphatic heterocycles. The quantitative estimate of drug-likeness (QED) is 0.689. The summed E-state index contributed by atoms with van der Waals surface area (Å²) in [6, 6.07) is 8.49. The van der Waals surface area contributed by atoms with Crippen molar-refractivity contribution in [3.8, 4) is 0 Å². The number of carbonyl (C=O) groups excluding carboxylic acids is 1. The second-order valence-corrected chi connectivity index (χ2v) is 6.62. The van der Waals surface area contributed by atoms with Crippen molar-refractivity contribution in [2.45, 2.75) is 32.4 Å². The zero-order chi connectivity index (χ0) is 15.5. The number of likely N-dealkylation sites (N-methyl/N-ethyl adjacent to an activating group) is 1. The standard InChI is InChI=1S/C17H28N2OS/c1-4-5-11-19(3)12-10-18-17(20)14-21-13-16-8-6-15(2)7-9-16/h6-9H,4-5,10-14H2,1-3H3,(H,18,20)/p+1. The van der Waals surface area contributed by atoms with Crippen LogP contribution in [-0.4, -0.2) is 38.3 Å². The van der Waals surface area contributed by atoms with E-state index >= 15 is 0 Å². The molecule has 0 bridgehead atoms. The average Bonchev–Trinajstić information content (AvgIpc) is 2.47. The van der Waals surface area contributed by atoms with E-state index in [0.717, 1.165) is 18.8 Å². The van der Waals surface area contributed by atoms with Gasteiger partial charge in [0.05, 0.1) is 32.4 Å². The number of unbranched alkanes of at least 4 members (excludes halogenated alkanes) is 1. The Morgan fingerprint density at radius 1 is 1.24 bits per heavy atom. The molecule has 1 aromatic carbocycles. The number of aryl methyl sites for hydroxylation is 1. The minimum atomic E-state index is 0.149. The van der Waals surface area contributed by atoms with Crippen LogP contribution in [0.25, 0.3) is 0 Å². The van der Waals surface area contributed by atoms with Crippen LogP contribution in [0.5, 0.6) is 0 Å². The molecule has 1 aromatic rings. The third kappa shape index (κ3) is 8.79. The number of amides is 1. The molecule has 21 heavy (non-hydrogen) atoms. The number of quaternary nitrogens is 1. The Bertz CT molecular complexity index is 406. The fourth-order valence-corrected chi connectivity index (χ4v) is 2.83. The van der Waals surface area contributed by atoms with Crippen LogP contribution in [0.3, 0.4) is 0 Å². The van der Waals surface area contributed by atoms with Crippen molar-refractivity contribution in [1.29, 1.82) is 0 Å². The van der Waals surface area contributed by atoms with Crippen LogP contribution >= 0.6 is 11.8 Å². The fraction of sp³-hybridized carbons (Fsp3) is 0.588. The third-order valence-electron chi connectivity index (χ3n) is 3.45. The lowest BCUT2D eigenvalue weighted by Crippen LogP contribution is -3.09. The van der Waals surface area contributed by atoms with E-state index in [9.17, 15) is 4.79 Å². The maximum atomic E-state index is 11.7. The molecule has 118 valence electrons. The summed E-state index contributed by atoms with van der Waals surface area (Å²) in [5.41, 5.74) is 2.55.